The molecule has 0 aliphatic heterocycles. The van der Waals surface area contributed by atoms with Crippen LogP contribution >= 0.6 is 0 Å². The number of nitrogens with one attached hydrogen (secondary N) is 1. The number of benzene rings is 1. The fourth-order valence-corrected chi connectivity index (χ4v) is 2.10. The van der Waals surface area contributed by atoms with Gasteiger partial charge in [-0.05, 0) is 43.5 Å². The number of hydrogen-bond acceptors (Lipinski definition) is 4. The smallest absolute Gasteiger partial charge is 0.151 e. The quantitative estimate of drug-likeness (QED) is 0.902. The van der Waals surface area contributed by atoms with Crippen LogP contribution in [0.4, 0.5) is 5.82 Å². The van der Waals surface area contributed by atoms with Crippen LogP contribution in [-0.2, 0) is 0 Å². The molecular weight excluding hydrogens is 250 g/mol. The van der Waals surface area contributed by atoms with E-state index in [4.69, 9.17) is 4.74 Å². The molecule has 4 nitrogen and oxygen atoms in total. The van der Waals surface area contributed by atoms with Gasteiger partial charge in [-0.3, -0.25) is 0 Å². The highest BCUT2D eigenvalue weighted by atomic mass is 16.5. The van der Waals surface area contributed by atoms with Gasteiger partial charge in [0.25, 0.3) is 0 Å². The summed E-state index contributed by atoms with van der Waals surface area (Å²) >= 11 is 0. The number of anilines is 1. The molecule has 4 heteroatoms. The number of rotatable bonds is 5. The van der Waals surface area contributed by atoms with Gasteiger partial charge in [0, 0.05) is 12.6 Å². The fraction of sp³-hybridized carbons (Fsp3) is 0.375. The number of hydrogen-bond donors (Lipinski definition) is 1. The molecule has 1 aromatic carbocycles. The van der Waals surface area contributed by atoms with Crippen molar-refractivity contribution in [3.8, 4) is 17.0 Å². The first kappa shape index (κ1) is 14.3. The third-order valence-corrected chi connectivity index (χ3v) is 3.36. The number of nitrogens with zero attached hydrogens (tertiary/aromatic N) is 2. The Labute approximate surface area is 120 Å². The third-order valence-electron chi connectivity index (χ3n) is 3.36. The maximum Gasteiger partial charge on any atom is 0.151 e. The summed E-state index contributed by atoms with van der Waals surface area (Å²) in [6.07, 6.45) is 0.983. The van der Waals surface area contributed by atoms with Crippen molar-refractivity contribution in [2.45, 2.75) is 27.2 Å². The minimum Gasteiger partial charge on any atom is -0.493 e. The van der Waals surface area contributed by atoms with Crippen LogP contribution in [0.3, 0.4) is 0 Å². The molecule has 0 unspecified atom stereocenters. The summed E-state index contributed by atoms with van der Waals surface area (Å²) in [5.74, 6) is 1.68. The fourth-order valence-electron chi connectivity index (χ4n) is 2.10. The van der Waals surface area contributed by atoms with E-state index in [0.29, 0.717) is 6.61 Å². The Bertz CT molecular complexity index is 596. The Kier molecular flexibility index (Phi) is 4.56. The molecule has 0 radical (unpaired) electrons. The molecule has 2 aromatic rings. The molecule has 0 spiro atoms. The van der Waals surface area contributed by atoms with Crippen LogP contribution in [0.15, 0.2) is 24.3 Å². The van der Waals surface area contributed by atoms with E-state index in [1.54, 1.807) is 0 Å². The minimum absolute atomic E-state index is 0.705. The number of ether oxygens (including phenoxy) is 1. The lowest BCUT2D eigenvalue weighted by Gasteiger charge is -2.14. The van der Waals surface area contributed by atoms with E-state index in [1.807, 2.05) is 31.3 Å². The predicted octanol–water partition coefficient (Wildman–Crippen LogP) is 3.59. The Morgan fingerprint density at radius 3 is 2.55 bits per heavy atom. The van der Waals surface area contributed by atoms with Crippen molar-refractivity contribution in [2.24, 2.45) is 0 Å². The van der Waals surface area contributed by atoms with Gasteiger partial charge < -0.3 is 10.1 Å². The average molecular weight is 271 g/mol. The maximum absolute atomic E-state index is 5.81. The molecular formula is C16H21N3O. The van der Waals surface area contributed by atoms with E-state index in [-0.39, 0.29) is 0 Å². The molecule has 1 aromatic heterocycles. The second kappa shape index (κ2) is 6.37. The van der Waals surface area contributed by atoms with Crippen LogP contribution < -0.4 is 10.1 Å². The number of aromatic nitrogens is 2. The molecule has 20 heavy (non-hydrogen) atoms. The van der Waals surface area contributed by atoms with Crippen molar-refractivity contribution in [1.82, 2.24) is 10.2 Å². The topological polar surface area (TPSA) is 47.0 Å². The van der Waals surface area contributed by atoms with Gasteiger partial charge in [0.15, 0.2) is 5.82 Å². The molecule has 2 rings (SSSR count). The standard InChI is InChI=1S/C16H21N3O/c1-5-10-20-14-9-7-6-8-13(14)15-11(2)12(3)16(17-4)19-18-15/h6-9H,5,10H2,1-4H3,(H,17,19). The van der Waals surface area contributed by atoms with E-state index < -0.39 is 0 Å². The van der Waals surface area contributed by atoms with Crippen molar-refractivity contribution in [2.75, 3.05) is 19.0 Å². The molecule has 0 amide bonds. The van der Waals surface area contributed by atoms with Gasteiger partial charge in [-0.2, -0.15) is 0 Å². The highest BCUT2D eigenvalue weighted by Crippen LogP contribution is 2.32. The second-order valence-electron chi connectivity index (χ2n) is 4.74. The normalized spacial score (nSPS) is 10.4. The van der Waals surface area contributed by atoms with Crippen LogP contribution in [0.2, 0.25) is 0 Å². The largest absolute Gasteiger partial charge is 0.493 e. The molecule has 0 fully saturated rings. The van der Waals surface area contributed by atoms with Crippen LogP contribution in [0.1, 0.15) is 24.5 Å². The van der Waals surface area contributed by atoms with E-state index in [0.717, 1.165) is 40.4 Å². The third kappa shape index (κ3) is 2.74. The second-order valence-corrected chi connectivity index (χ2v) is 4.74. The van der Waals surface area contributed by atoms with Gasteiger partial charge in [-0.1, -0.05) is 19.1 Å². The summed E-state index contributed by atoms with van der Waals surface area (Å²) in [6, 6.07) is 7.98. The molecule has 106 valence electrons. The summed E-state index contributed by atoms with van der Waals surface area (Å²) in [7, 11) is 1.86. The Hall–Kier alpha value is -2.10. The van der Waals surface area contributed by atoms with Crippen molar-refractivity contribution in [3.63, 3.8) is 0 Å². The maximum atomic E-state index is 5.81. The van der Waals surface area contributed by atoms with Crippen molar-refractivity contribution >= 4 is 5.82 Å². The summed E-state index contributed by atoms with van der Waals surface area (Å²) < 4.78 is 5.81. The van der Waals surface area contributed by atoms with E-state index in [9.17, 15) is 0 Å². The van der Waals surface area contributed by atoms with Crippen LogP contribution in [0.5, 0.6) is 5.75 Å². The molecule has 0 atom stereocenters. The summed E-state index contributed by atoms with van der Waals surface area (Å²) in [4.78, 5) is 0. The molecule has 0 saturated heterocycles. The zero-order valence-corrected chi connectivity index (χ0v) is 12.5. The van der Waals surface area contributed by atoms with Gasteiger partial charge in [0.2, 0.25) is 0 Å². The highest BCUT2D eigenvalue weighted by Gasteiger charge is 2.14. The minimum atomic E-state index is 0.705. The summed E-state index contributed by atoms with van der Waals surface area (Å²) in [6.45, 7) is 6.92. The summed E-state index contributed by atoms with van der Waals surface area (Å²) in [5.41, 5.74) is 4.12. The van der Waals surface area contributed by atoms with Crippen molar-refractivity contribution < 1.29 is 4.74 Å². The Balaban J connectivity index is 2.49. The van der Waals surface area contributed by atoms with Crippen molar-refractivity contribution in [3.05, 3.63) is 35.4 Å². The van der Waals surface area contributed by atoms with E-state index in [1.165, 1.54) is 0 Å². The predicted molar refractivity (Wildman–Crippen MR) is 82.3 cm³/mol. The van der Waals surface area contributed by atoms with Crippen LogP contribution in [0.25, 0.3) is 11.3 Å². The molecule has 0 saturated carbocycles. The Morgan fingerprint density at radius 2 is 1.85 bits per heavy atom. The first-order valence-corrected chi connectivity index (χ1v) is 6.92. The first-order valence-electron chi connectivity index (χ1n) is 6.92. The van der Waals surface area contributed by atoms with Crippen molar-refractivity contribution in [1.29, 1.82) is 0 Å². The van der Waals surface area contributed by atoms with Gasteiger partial charge in [-0.25, -0.2) is 0 Å². The molecule has 1 heterocycles. The lowest BCUT2D eigenvalue weighted by molar-refractivity contribution is 0.318. The molecule has 1 N–H and O–H groups in total. The summed E-state index contributed by atoms with van der Waals surface area (Å²) in [5, 5.41) is 11.7. The van der Waals surface area contributed by atoms with E-state index >= 15 is 0 Å². The average Bonchev–Trinajstić information content (AvgIpc) is 2.48. The molecule has 0 aliphatic rings. The number of para-hydroxylation sites is 1. The zero-order chi connectivity index (χ0) is 14.5. The van der Waals surface area contributed by atoms with Gasteiger partial charge in [0.05, 0.1) is 12.3 Å². The van der Waals surface area contributed by atoms with Gasteiger partial charge in [0.1, 0.15) is 5.75 Å². The van der Waals surface area contributed by atoms with Crippen LogP contribution in [0, 0.1) is 13.8 Å². The van der Waals surface area contributed by atoms with Crippen LogP contribution in [-0.4, -0.2) is 23.9 Å². The van der Waals surface area contributed by atoms with Gasteiger partial charge in [-0.15, -0.1) is 10.2 Å². The first-order chi connectivity index (χ1) is 9.69. The monoisotopic (exact) mass is 271 g/mol. The molecule has 0 bridgehead atoms. The van der Waals surface area contributed by atoms with E-state index in [2.05, 4.69) is 36.3 Å². The highest BCUT2D eigenvalue weighted by molar-refractivity contribution is 5.71. The SMILES string of the molecule is CCCOc1ccccc1-c1nnc(NC)c(C)c1C. The van der Waals surface area contributed by atoms with Gasteiger partial charge >= 0.3 is 0 Å². The lowest BCUT2D eigenvalue weighted by atomic mass is 10.0. The zero-order valence-electron chi connectivity index (χ0n) is 12.5. The lowest BCUT2D eigenvalue weighted by Crippen LogP contribution is -2.04. The Morgan fingerprint density at radius 1 is 1.10 bits per heavy atom. The molecule has 0 aliphatic carbocycles.